The summed E-state index contributed by atoms with van der Waals surface area (Å²) in [6.07, 6.45) is 0.655. The first-order valence-corrected chi connectivity index (χ1v) is 9.44. The predicted molar refractivity (Wildman–Crippen MR) is 77.9 cm³/mol. The number of hydrogen-bond acceptors (Lipinski definition) is 5. The van der Waals surface area contributed by atoms with Gasteiger partial charge in [0.05, 0.1) is 15.5 Å². The quantitative estimate of drug-likeness (QED) is 0.675. The van der Waals surface area contributed by atoms with Crippen LogP contribution >= 0.6 is 0 Å². The molecular weight excluding hydrogens is 300 g/mol. The fourth-order valence-electron chi connectivity index (χ4n) is 1.56. The monoisotopic (exact) mass is 320 g/mol. The van der Waals surface area contributed by atoms with Crippen molar-refractivity contribution in [3.8, 4) is 0 Å². The number of sulfonamides is 1. The van der Waals surface area contributed by atoms with Crippen LogP contribution in [0.3, 0.4) is 0 Å². The van der Waals surface area contributed by atoms with E-state index in [9.17, 15) is 16.8 Å². The molecule has 0 unspecified atom stereocenters. The summed E-state index contributed by atoms with van der Waals surface area (Å²) in [5, 5.41) is 2.92. The molecule has 2 N–H and O–H groups in total. The molecular formula is C12H20N2O4S2. The van der Waals surface area contributed by atoms with Crippen LogP contribution in [-0.2, 0) is 19.9 Å². The summed E-state index contributed by atoms with van der Waals surface area (Å²) in [6.45, 7) is 2.52. The van der Waals surface area contributed by atoms with Crippen molar-refractivity contribution in [1.82, 2.24) is 10.0 Å². The van der Waals surface area contributed by atoms with Gasteiger partial charge in [0, 0.05) is 6.54 Å². The van der Waals surface area contributed by atoms with Gasteiger partial charge in [-0.15, -0.1) is 0 Å². The molecule has 8 heteroatoms. The van der Waals surface area contributed by atoms with Crippen LogP contribution in [-0.4, -0.2) is 42.7 Å². The molecule has 1 aromatic rings. The Bertz CT molecular complexity index is 639. The molecule has 0 bridgehead atoms. The maximum atomic E-state index is 12.0. The smallest absolute Gasteiger partial charge is 0.240 e. The van der Waals surface area contributed by atoms with Crippen molar-refractivity contribution in [2.45, 2.75) is 23.1 Å². The van der Waals surface area contributed by atoms with Crippen molar-refractivity contribution in [3.05, 3.63) is 24.3 Å². The van der Waals surface area contributed by atoms with Gasteiger partial charge in [-0.3, -0.25) is 0 Å². The standard InChI is InChI=1S/C12H20N2O4S2/c1-3-19(15,16)11-6-4-7-12(10-11)20(17,18)14-9-5-8-13-2/h4,6-7,10,13-14H,3,5,8-9H2,1-2H3. The maximum absolute atomic E-state index is 12.0. The highest BCUT2D eigenvalue weighted by atomic mass is 32.2. The van der Waals surface area contributed by atoms with E-state index in [1.165, 1.54) is 31.2 Å². The second-order valence-corrected chi connectivity index (χ2v) is 8.28. The third-order valence-electron chi connectivity index (χ3n) is 2.75. The third-order valence-corrected chi connectivity index (χ3v) is 5.94. The second-order valence-electron chi connectivity index (χ2n) is 4.23. The van der Waals surface area contributed by atoms with E-state index >= 15 is 0 Å². The molecule has 0 heterocycles. The molecule has 0 fully saturated rings. The summed E-state index contributed by atoms with van der Waals surface area (Å²) in [4.78, 5) is -0.00502. The molecule has 0 aromatic heterocycles. The van der Waals surface area contributed by atoms with Gasteiger partial charge in [0.1, 0.15) is 0 Å². The molecule has 0 saturated carbocycles. The van der Waals surface area contributed by atoms with Gasteiger partial charge < -0.3 is 5.32 Å². The van der Waals surface area contributed by atoms with Crippen molar-refractivity contribution < 1.29 is 16.8 Å². The zero-order chi connectivity index (χ0) is 15.2. The second kappa shape index (κ2) is 7.16. The summed E-state index contributed by atoms with van der Waals surface area (Å²) in [6, 6.07) is 5.41. The Kier molecular flexibility index (Phi) is 6.12. The Morgan fingerprint density at radius 1 is 1.05 bits per heavy atom. The summed E-state index contributed by atoms with van der Waals surface area (Å²) < 4.78 is 50.0. The van der Waals surface area contributed by atoms with Crippen molar-refractivity contribution in [3.63, 3.8) is 0 Å². The van der Waals surface area contributed by atoms with Gasteiger partial charge in [0.2, 0.25) is 10.0 Å². The first kappa shape index (κ1) is 17.1. The highest BCUT2D eigenvalue weighted by molar-refractivity contribution is 7.91. The Balaban J connectivity index is 2.94. The van der Waals surface area contributed by atoms with Gasteiger partial charge in [0.25, 0.3) is 0 Å². The number of nitrogens with one attached hydrogen (secondary N) is 2. The van der Waals surface area contributed by atoms with Gasteiger partial charge in [-0.1, -0.05) is 13.0 Å². The van der Waals surface area contributed by atoms with Crippen molar-refractivity contribution in [2.24, 2.45) is 0 Å². The van der Waals surface area contributed by atoms with Crippen LogP contribution < -0.4 is 10.0 Å². The Morgan fingerprint density at radius 2 is 1.70 bits per heavy atom. The number of sulfone groups is 1. The average Bonchev–Trinajstić information content (AvgIpc) is 2.44. The minimum atomic E-state index is -3.67. The van der Waals surface area contributed by atoms with Gasteiger partial charge in [-0.2, -0.15) is 0 Å². The van der Waals surface area contributed by atoms with E-state index in [2.05, 4.69) is 10.0 Å². The molecule has 0 amide bonds. The van der Waals surface area contributed by atoms with Gasteiger partial charge in [-0.05, 0) is 38.2 Å². The van der Waals surface area contributed by atoms with E-state index in [4.69, 9.17) is 0 Å². The minimum absolute atomic E-state index is 0.0260. The molecule has 0 spiro atoms. The number of hydrogen-bond donors (Lipinski definition) is 2. The molecule has 0 radical (unpaired) electrons. The Hall–Kier alpha value is -0.960. The van der Waals surface area contributed by atoms with Crippen LogP contribution in [0, 0.1) is 0 Å². The van der Waals surface area contributed by atoms with E-state index in [0.29, 0.717) is 19.5 Å². The topological polar surface area (TPSA) is 92.3 Å². The lowest BCUT2D eigenvalue weighted by Gasteiger charge is -2.08. The molecule has 0 saturated heterocycles. The molecule has 0 aliphatic rings. The van der Waals surface area contributed by atoms with Crippen LogP contribution in [0.2, 0.25) is 0 Å². The van der Waals surface area contributed by atoms with Gasteiger partial charge >= 0.3 is 0 Å². The van der Waals surface area contributed by atoms with Crippen LogP contribution in [0.25, 0.3) is 0 Å². The van der Waals surface area contributed by atoms with E-state index in [0.717, 1.165) is 0 Å². The Morgan fingerprint density at radius 3 is 2.30 bits per heavy atom. The molecule has 0 aliphatic heterocycles. The summed E-state index contributed by atoms with van der Waals surface area (Å²) in [7, 11) is -5.30. The van der Waals surface area contributed by atoms with Crippen LogP contribution in [0.15, 0.2) is 34.1 Å². The highest BCUT2D eigenvalue weighted by Crippen LogP contribution is 2.16. The molecule has 114 valence electrons. The Labute approximate surface area is 120 Å². The van der Waals surface area contributed by atoms with Gasteiger partial charge in [-0.25, -0.2) is 21.6 Å². The molecule has 1 aromatic carbocycles. The van der Waals surface area contributed by atoms with Gasteiger partial charge in [0.15, 0.2) is 9.84 Å². The molecule has 0 aliphatic carbocycles. The van der Waals surface area contributed by atoms with Crippen molar-refractivity contribution in [1.29, 1.82) is 0 Å². The lowest BCUT2D eigenvalue weighted by Crippen LogP contribution is -2.27. The maximum Gasteiger partial charge on any atom is 0.240 e. The predicted octanol–water partition coefficient (Wildman–Crippen LogP) is 0.368. The van der Waals surface area contributed by atoms with Crippen molar-refractivity contribution >= 4 is 19.9 Å². The van der Waals surface area contributed by atoms with E-state index < -0.39 is 19.9 Å². The molecule has 1 rings (SSSR count). The lowest BCUT2D eigenvalue weighted by molar-refractivity contribution is 0.577. The van der Waals surface area contributed by atoms with Crippen molar-refractivity contribution in [2.75, 3.05) is 25.9 Å². The zero-order valence-corrected chi connectivity index (χ0v) is 13.2. The summed E-state index contributed by atoms with van der Waals surface area (Å²) in [5.41, 5.74) is 0. The fourth-order valence-corrected chi connectivity index (χ4v) is 3.68. The number of benzene rings is 1. The van der Waals surface area contributed by atoms with E-state index in [-0.39, 0.29) is 15.5 Å². The van der Waals surface area contributed by atoms with Crippen LogP contribution in [0.4, 0.5) is 0 Å². The highest BCUT2D eigenvalue weighted by Gasteiger charge is 2.17. The average molecular weight is 320 g/mol. The molecule has 20 heavy (non-hydrogen) atoms. The lowest BCUT2D eigenvalue weighted by atomic mass is 10.4. The van der Waals surface area contributed by atoms with Crippen LogP contribution in [0.5, 0.6) is 0 Å². The first-order chi connectivity index (χ1) is 9.33. The normalized spacial score (nSPS) is 12.5. The van der Waals surface area contributed by atoms with E-state index in [1.54, 1.807) is 7.05 Å². The van der Waals surface area contributed by atoms with E-state index in [1.807, 2.05) is 0 Å². The minimum Gasteiger partial charge on any atom is -0.320 e. The third kappa shape index (κ3) is 4.55. The molecule has 0 atom stereocenters. The zero-order valence-electron chi connectivity index (χ0n) is 11.6. The largest absolute Gasteiger partial charge is 0.320 e. The SMILES string of the molecule is CCS(=O)(=O)c1cccc(S(=O)(=O)NCCCNC)c1. The first-order valence-electron chi connectivity index (χ1n) is 6.30. The summed E-state index contributed by atoms with van der Waals surface area (Å²) in [5.74, 6) is -0.0634. The van der Waals surface area contributed by atoms with Crippen LogP contribution in [0.1, 0.15) is 13.3 Å². The summed E-state index contributed by atoms with van der Waals surface area (Å²) >= 11 is 0. The number of rotatable bonds is 8. The molecule has 6 nitrogen and oxygen atoms in total. The fraction of sp³-hybridized carbons (Fsp3) is 0.500.